The Bertz CT molecular complexity index is 809. The van der Waals surface area contributed by atoms with Crippen LogP contribution >= 0.6 is 0 Å². The number of carbonyl (C=O) groups is 2. The van der Waals surface area contributed by atoms with Gasteiger partial charge in [0.25, 0.3) is 0 Å². The Balaban J connectivity index is 1.74. The molecule has 2 atom stereocenters. The molecule has 148 valence electrons. The highest BCUT2D eigenvalue weighted by Gasteiger charge is 2.38. The van der Waals surface area contributed by atoms with Crippen molar-refractivity contribution in [2.75, 3.05) is 33.3 Å². The van der Waals surface area contributed by atoms with E-state index in [1.807, 2.05) is 0 Å². The Labute approximate surface area is 159 Å². The molecule has 3 rings (SSSR count). The second-order valence-corrected chi connectivity index (χ2v) is 8.81. The number of rotatable bonds is 4. The first-order chi connectivity index (χ1) is 12.8. The van der Waals surface area contributed by atoms with Gasteiger partial charge in [0.2, 0.25) is 21.8 Å². The van der Waals surface area contributed by atoms with Gasteiger partial charge in [0.15, 0.2) is 0 Å². The number of nitrogens with zero attached hydrogens (tertiary/aromatic N) is 2. The fourth-order valence-corrected chi connectivity index (χ4v) is 5.10. The zero-order chi connectivity index (χ0) is 19.6. The fraction of sp³-hybridized carbons (Fsp3) is 0.556. The molecule has 2 saturated heterocycles. The number of piperazine rings is 1. The van der Waals surface area contributed by atoms with Crippen LogP contribution < -0.4 is 10.1 Å². The van der Waals surface area contributed by atoms with Crippen molar-refractivity contribution in [1.82, 2.24) is 14.5 Å². The summed E-state index contributed by atoms with van der Waals surface area (Å²) in [5, 5.41) is 2.73. The maximum absolute atomic E-state index is 12.9. The first-order valence-corrected chi connectivity index (χ1v) is 10.5. The summed E-state index contributed by atoms with van der Waals surface area (Å²) in [5.41, 5.74) is 0. The summed E-state index contributed by atoms with van der Waals surface area (Å²) in [7, 11) is -2.16. The van der Waals surface area contributed by atoms with Crippen molar-refractivity contribution in [3.05, 3.63) is 24.3 Å². The van der Waals surface area contributed by atoms with Gasteiger partial charge in [-0.05, 0) is 44.0 Å². The molecule has 0 saturated carbocycles. The number of hydrogen-bond acceptors (Lipinski definition) is 5. The number of nitrogens with one attached hydrogen (secondary N) is 1. The zero-order valence-corrected chi connectivity index (χ0v) is 16.4. The first-order valence-electron chi connectivity index (χ1n) is 9.07. The predicted molar refractivity (Wildman–Crippen MR) is 98.7 cm³/mol. The van der Waals surface area contributed by atoms with Crippen molar-refractivity contribution >= 4 is 21.8 Å². The molecule has 2 amide bonds. The molecular weight excluding hydrogens is 370 g/mol. The quantitative estimate of drug-likeness (QED) is 0.798. The highest BCUT2D eigenvalue weighted by molar-refractivity contribution is 7.89. The molecule has 2 fully saturated rings. The van der Waals surface area contributed by atoms with Gasteiger partial charge in [0.1, 0.15) is 11.8 Å². The Morgan fingerprint density at radius 3 is 2.59 bits per heavy atom. The van der Waals surface area contributed by atoms with Gasteiger partial charge in [-0.1, -0.05) is 0 Å². The Morgan fingerprint density at radius 2 is 1.93 bits per heavy atom. The van der Waals surface area contributed by atoms with Crippen molar-refractivity contribution < 1.29 is 22.7 Å². The molecule has 1 aromatic rings. The summed E-state index contributed by atoms with van der Waals surface area (Å²) in [6, 6.07) is 5.70. The third-order valence-electron chi connectivity index (χ3n) is 5.21. The molecule has 0 radical (unpaired) electrons. The molecule has 0 unspecified atom stereocenters. The van der Waals surface area contributed by atoms with E-state index >= 15 is 0 Å². The van der Waals surface area contributed by atoms with Gasteiger partial charge >= 0.3 is 0 Å². The highest BCUT2D eigenvalue weighted by atomic mass is 32.2. The van der Waals surface area contributed by atoms with Crippen molar-refractivity contribution in [1.29, 1.82) is 0 Å². The van der Waals surface area contributed by atoms with Crippen molar-refractivity contribution in [2.45, 2.75) is 30.7 Å². The second kappa shape index (κ2) is 7.85. The van der Waals surface area contributed by atoms with Crippen LogP contribution in [0.4, 0.5) is 0 Å². The average Bonchev–Trinajstić information content (AvgIpc) is 2.69. The summed E-state index contributed by atoms with van der Waals surface area (Å²) < 4.78 is 32.3. The summed E-state index contributed by atoms with van der Waals surface area (Å²) >= 11 is 0. The van der Waals surface area contributed by atoms with E-state index in [1.165, 1.54) is 23.5 Å². The minimum absolute atomic E-state index is 0.137. The zero-order valence-electron chi connectivity index (χ0n) is 15.6. The number of sulfonamides is 1. The van der Waals surface area contributed by atoms with E-state index in [0.29, 0.717) is 38.2 Å². The lowest BCUT2D eigenvalue weighted by Gasteiger charge is -2.38. The Kier molecular flexibility index (Phi) is 5.71. The molecule has 0 aliphatic carbocycles. The first kappa shape index (κ1) is 19.6. The van der Waals surface area contributed by atoms with E-state index < -0.39 is 22.0 Å². The van der Waals surface area contributed by atoms with Crippen LogP contribution in [0.15, 0.2) is 29.2 Å². The van der Waals surface area contributed by atoms with Crippen molar-refractivity contribution in [3.8, 4) is 5.75 Å². The molecular formula is C18H25N3O5S. The highest BCUT2D eigenvalue weighted by Crippen LogP contribution is 2.26. The minimum Gasteiger partial charge on any atom is -0.497 e. The lowest BCUT2D eigenvalue weighted by Crippen LogP contribution is -2.58. The van der Waals surface area contributed by atoms with Crippen LogP contribution in [0.3, 0.4) is 0 Å². The molecule has 8 nitrogen and oxygen atoms in total. The van der Waals surface area contributed by atoms with Gasteiger partial charge in [-0.2, -0.15) is 4.31 Å². The largest absolute Gasteiger partial charge is 0.497 e. The molecule has 1 N–H and O–H groups in total. The van der Waals surface area contributed by atoms with Crippen molar-refractivity contribution in [3.63, 3.8) is 0 Å². The number of methoxy groups -OCH3 is 1. The SMILES string of the molecule is COc1ccc(S(=O)(=O)N2CCC[C@H](C(=O)N3CCNC(=O)[C@H]3C)C2)cc1. The normalized spacial score (nSPS) is 24.4. The number of ether oxygens (including phenoxy) is 1. The van der Waals surface area contributed by atoms with Crippen LogP contribution in [0.2, 0.25) is 0 Å². The van der Waals surface area contributed by atoms with E-state index in [2.05, 4.69) is 5.32 Å². The third-order valence-corrected chi connectivity index (χ3v) is 7.09. The van der Waals surface area contributed by atoms with E-state index in [0.717, 1.165) is 0 Å². The average molecular weight is 395 g/mol. The summed E-state index contributed by atoms with van der Waals surface area (Å²) in [6.45, 7) is 3.09. The van der Waals surface area contributed by atoms with Gasteiger partial charge in [0.05, 0.1) is 17.9 Å². The van der Waals surface area contributed by atoms with Crippen molar-refractivity contribution in [2.24, 2.45) is 5.92 Å². The molecule has 2 aliphatic rings. The van der Waals surface area contributed by atoms with Crippen LogP contribution in [0.25, 0.3) is 0 Å². The number of benzene rings is 1. The van der Waals surface area contributed by atoms with E-state index in [9.17, 15) is 18.0 Å². The predicted octanol–water partition coefficient (Wildman–Crippen LogP) is 0.443. The monoisotopic (exact) mass is 395 g/mol. The van der Waals surface area contributed by atoms with Gasteiger partial charge in [-0.15, -0.1) is 0 Å². The molecule has 0 aromatic heterocycles. The number of amides is 2. The fourth-order valence-electron chi connectivity index (χ4n) is 3.58. The van der Waals surface area contributed by atoms with Crippen LogP contribution in [-0.4, -0.2) is 68.8 Å². The Morgan fingerprint density at radius 1 is 1.22 bits per heavy atom. The number of carbonyl (C=O) groups excluding carboxylic acids is 2. The maximum atomic E-state index is 12.9. The smallest absolute Gasteiger partial charge is 0.243 e. The lowest BCUT2D eigenvalue weighted by atomic mass is 9.97. The standard InChI is InChI=1S/C18H25N3O5S/c1-13-17(22)19-9-11-21(13)18(23)14-4-3-10-20(12-14)27(24,25)16-7-5-15(26-2)6-8-16/h5-8,13-14H,3-4,9-12H2,1-2H3,(H,19,22)/t13-,14+/m1/s1. The number of hydrogen-bond donors (Lipinski definition) is 1. The summed E-state index contributed by atoms with van der Waals surface area (Å²) in [4.78, 5) is 26.5. The summed E-state index contributed by atoms with van der Waals surface area (Å²) in [5.74, 6) is -0.168. The van der Waals surface area contributed by atoms with Gasteiger partial charge < -0.3 is 15.0 Å². The third kappa shape index (κ3) is 3.93. The molecule has 27 heavy (non-hydrogen) atoms. The van der Waals surface area contributed by atoms with Crippen LogP contribution in [0.5, 0.6) is 5.75 Å². The molecule has 0 spiro atoms. The molecule has 9 heteroatoms. The molecule has 2 heterocycles. The second-order valence-electron chi connectivity index (χ2n) is 6.88. The minimum atomic E-state index is -3.68. The Hall–Kier alpha value is -2.13. The van der Waals surface area contributed by atoms with E-state index in [1.54, 1.807) is 24.0 Å². The van der Waals surface area contributed by atoms with Crippen LogP contribution in [0, 0.1) is 5.92 Å². The maximum Gasteiger partial charge on any atom is 0.243 e. The molecule has 1 aromatic carbocycles. The molecule has 0 bridgehead atoms. The van der Waals surface area contributed by atoms with Crippen LogP contribution in [-0.2, 0) is 19.6 Å². The van der Waals surface area contributed by atoms with Gasteiger partial charge in [0, 0.05) is 26.2 Å². The van der Waals surface area contributed by atoms with Gasteiger partial charge in [-0.25, -0.2) is 8.42 Å². The number of piperidine rings is 1. The van der Waals surface area contributed by atoms with E-state index in [4.69, 9.17) is 4.74 Å². The van der Waals surface area contributed by atoms with E-state index in [-0.39, 0.29) is 23.3 Å². The van der Waals surface area contributed by atoms with Crippen LogP contribution in [0.1, 0.15) is 19.8 Å². The topological polar surface area (TPSA) is 96.0 Å². The summed E-state index contributed by atoms with van der Waals surface area (Å²) in [6.07, 6.45) is 1.23. The molecule has 2 aliphatic heterocycles. The van der Waals surface area contributed by atoms with Gasteiger partial charge in [-0.3, -0.25) is 9.59 Å². The lowest BCUT2D eigenvalue weighted by molar-refractivity contribution is -0.146.